The molecular formula is C21H24Cl2N4O2. The summed E-state index contributed by atoms with van der Waals surface area (Å²) in [5.74, 6) is -1.33. The van der Waals surface area contributed by atoms with E-state index in [9.17, 15) is 9.59 Å². The third-order valence-electron chi connectivity index (χ3n) is 4.79. The second-order valence-electron chi connectivity index (χ2n) is 6.88. The number of hydrogen-bond acceptors (Lipinski definition) is 4. The number of piperazine rings is 1. The molecule has 0 bridgehead atoms. The Balaban J connectivity index is 1.32. The molecule has 0 spiro atoms. The van der Waals surface area contributed by atoms with Crippen molar-refractivity contribution in [1.82, 2.24) is 10.2 Å². The zero-order chi connectivity index (χ0) is 20.6. The van der Waals surface area contributed by atoms with Gasteiger partial charge in [-0.25, -0.2) is 0 Å². The molecule has 0 unspecified atom stereocenters. The van der Waals surface area contributed by atoms with Gasteiger partial charge in [-0.05, 0) is 55.4 Å². The first kappa shape index (κ1) is 21.4. The molecule has 1 saturated heterocycles. The molecule has 0 radical (unpaired) electrons. The monoisotopic (exact) mass is 434 g/mol. The van der Waals surface area contributed by atoms with Gasteiger partial charge in [0.2, 0.25) is 0 Å². The van der Waals surface area contributed by atoms with Gasteiger partial charge in [-0.3, -0.25) is 14.5 Å². The number of carbonyl (C=O) groups excluding carboxylic acids is 2. The van der Waals surface area contributed by atoms with Gasteiger partial charge in [-0.1, -0.05) is 29.3 Å². The largest absolute Gasteiger partial charge is 0.369 e. The first-order valence-corrected chi connectivity index (χ1v) is 10.3. The van der Waals surface area contributed by atoms with Gasteiger partial charge in [0.1, 0.15) is 0 Å². The molecule has 0 aromatic heterocycles. The average molecular weight is 435 g/mol. The topological polar surface area (TPSA) is 64.7 Å². The Bertz CT molecular complexity index is 837. The molecule has 1 aliphatic rings. The minimum atomic E-state index is -0.691. The number of nitrogens with zero attached hydrogens (tertiary/aromatic N) is 2. The summed E-state index contributed by atoms with van der Waals surface area (Å²) in [5, 5.41) is 6.45. The van der Waals surface area contributed by atoms with Gasteiger partial charge in [0, 0.05) is 54.1 Å². The summed E-state index contributed by atoms with van der Waals surface area (Å²) in [6.45, 7) is 5.17. The zero-order valence-electron chi connectivity index (χ0n) is 16.0. The molecule has 8 heteroatoms. The van der Waals surface area contributed by atoms with Gasteiger partial charge in [0.05, 0.1) is 0 Å². The third-order valence-corrected chi connectivity index (χ3v) is 5.28. The van der Waals surface area contributed by atoms with Gasteiger partial charge in [-0.15, -0.1) is 0 Å². The van der Waals surface area contributed by atoms with E-state index < -0.39 is 11.8 Å². The Hall–Kier alpha value is -2.28. The molecule has 2 aromatic rings. The van der Waals surface area contributed by atoms with Crippen LogP contribution in [-0.2, 0) is 9.59 Å². The fraction of sp³-hybridized carbons (Fsp3) is 0.333. The van der Waals surface area contributed by atoms with E-state index in [1.807, 2.05) is 24.3 Å². The van der Waals surface area contributed by atoms with Crippen molar-refractivity contribution >= 4 is 46.4 Å². The number of carbonyl (C=O) groups is 2. The molecule has 1 fully saturated rings. The van der Waals surface area contributed by atoms with E-state index in [0.29, 0.717) is 17.3 Å². The van der Waals surface area contributed by atoms with Crippen LogP contribution in [0.5, 0.6) is 0 Å². The van der Waals surface area contributed by atoms with Crippen molar-refractivity contribution < 1.29 is 9.59 Å². The molecule has 1 aliphatic heterocycles. The van der Waals surface area contributed by atoms with Crippen LogP contribution in [0.15, 0.2) is 48.5 Å². The first-order chi connectivity index (χ1) is 14.0. The molecule has 29 heavy (non-hydrogen) atoms. The van der Waals surface area contributed by atoms with Crippen molar-refractivity contribution in [1.29, 1.82) is 0 Å². The lowest BCUT2D eigenvalue weighted by molar-refractivity contribution is -0.136. The minimum absolute atomic E-state index is 0.458. The molecule has 2 aromatic carbocycles. The highest BCUT2D eigenvalue weighted by Gasteiger charge is 2.17. The van der Waals surface area contributed by atoms with Crippen LogP contribution < -0.4 is 15.5 Å². The minimum Gasteiger partial charge on any atom is -0.369 e. The molecule has 0 atom stereocenters. The van der Waals surface area contributed by atoms with E-state index in [1.54, 1.807) is 24.3 Å². The number of nitrogens with one attached hydrogen (secondary N) is 2. The van der Waals surface area contributed by atoms with E-state index in [2.05, 4.69) is 20.4 Å². The fourth-order valence-electron chi connectivity index (χ4n) is 3.22. The highest BCUT2D eigenvalue weighted by molar-refractivity contribution is 6.39. The smallest absolute Gasteiger partial charge is 0.313 e. The maximum absolute atomic E-state index is 11.9. The van der Waals surface area contributed by atoms with Crippen LogP contribution >= 0.6 is 23.2 Å². The summed E-state index contributed by atoms with van der Waals surface area (Å²) in [6.07, 6.45) is 0.789. The molecule has 154 valence electrons. The van der Waals surface area contributed by atoms with Crippen molar-refractivity contribution in [3.63, 3.8) is 0 Å². The standard InChI is InChI=1S/C21H24Cl2N4O2/c22-16-5-7-19(8-6-16)27-13-11-26(12-14-27)10-2-9-24-20(28)21(29)25-18-4-1-3-17(23)15-18/h1,3-8,15H,2,9-14H2,(H,24,28)(H,25,29). The van der Waals surface area contributed by atoms with Gasteiger partial charge in [0.15, 0.2) is 0 Å². The molecule has 2 amide bonds. The van der Waals surface area contributed by atoms with Gasteiger partial charge >= 0.3 is 11.8 Å². The van der Waals surface area contributed by atoms with E-state index >= 15 is 0 Å². The highest BCUT2D eigenvalue weighted by Crippen LogP contribution is 2.19. The quantitative estimate of drug-likeness (QED) is 0.540. The molecule has 0 aliphatic carbocycles. The SMILES string of the molecule is O=C(NCCCN1CCN(c2ccc(Cl)cc2)CC1)C(=O)Nc1cccc(Cl)c1. The fourth-order valence-corrected chi connectivity index (χ4v) is 3.54. The van der Waals surface area contributed by atoms with Gasteiger partial charge < -0.3 is 15.5 Å². The third kappa shape index (κ3) is 6.63. The summed E-state index contributed by atoms with van der Waals surface area (Å²) < 4.78 is 0. The second-order valence-corrected chi connectivity index (χ2v) is 7.75. The maximum atomic E-state index is 11.9. The lowest BCUT2D eigenvalue weighted by Crippen LogP contribution is -2.47. The summed E-state index contributed by atoms with van der Waals surface area (Å²) in [4.78, 5) is 28.6. The molecule has 6 nitrogen and oxygen atoms in total. The van der Waals surface area contributed by atoms with Crippen LogP contribution in [-0.4, -0.2) is 56.0 Å². The Kier molecular flexibility index (Phi) is 7.75. The number of benzene rings is 2. The summed E-state index contributed by atoms with van der Waals surface area (Å²) in [7, 11) is 0. The molecule has 1 heterocycles. The van der Waals surface area contributed by atoms with Gasteiger partial charge in [0.25, 0.3) is 0 Å². The van der Waals surface area contributed by atoms with E-state index in [1.165, 1.54) is 5.69 Å². The summed E-state index contributed by atoms with van der Waals surface area (Å²) in [6, 6.07) is 14.6. The Morgan fingerprint density at radius 1 is 0.897 bits per heavy atom. The Morgan fingerprint density at radius 2 is 1.62 bits per heavy atom. The first-order valence-electron chi connectivity index (χ1n) is 9.59. The summed E-state index contributed by atoms with van der Waals surface area (Å²) >= 11 is 11.8. The number of anilines is 2. The predicted octanol–water partition coefficient (Wildman–Crippen LogP) is 3.26. The molecular weight excluding hydrogens is 411 g/mol. The van der Waals surface area contributed by atoms with Crippen LogP contribution in [0.2, 0.25) is 10.0 Å². The van der Waals surface area contributed by atoms with Crippen LogP contribution in [0, 0.1) is 0 Å². The lowest BCUT2D eigenvalue weighted by Gasteiger charge is -2.36. The van der Waals surface area contributed by atoms with Crippen LogP contribution in [0.1, 0.15) is 6.42 Å². The van der Waals surface area contributed by atoms with E-state index in [-0.39, 0.29) is 0 Å². The normalized spacial score (nSPS) is 14.5. The summed E-state index contributed by atoms with van der Waals surface area (Å²) in [5.41, 5.74) is 1.68. The average Bonchev–Trinajstić information content (AvgIpc) is 2.72. The van der Waals surface area contributed by atoms with Crippen molar-refractivity contribution in [2.24, 2.45) is 0 Å². The lowest BCUT2D eigenvalue weighted by atomic mass is 10.2. The number of amides is 2. The molecule has 2 N–H and O–H groups in total. The van der Waals surface area contributed by atoms with Crippen LogP contribution in [0.25, 0.3) is 0 Å². The van der Waals surface area contributed by atoms with Gasteiger partial charge in [-0.2, -0.15) is 0 Å². The number of hydrogen-bond donors (Lipinski definition) is 2. The van der Waals surface area contributed by atoms with E-state index in [0.717, 1.165) is 44.2 Å². The second kappa shape index (κ2) is 10.5. The number of halogens is 2. The molecule has 0 saturated carbocycles. The zero-order valence-corrected chi connectivity index (χ0v) is 17.5. The Morgan fingerprint density at radius 3 is 2.31 bits per heavy atom. The highest BCUT2D eigenvalue weighted by atomic mass is 35.5. The van der Waals surface area contributed by atoms with Crippen LogP contribution in [0.4, 0.5) is 11.4 Å². The Labute approximate surface area is 180 Å². The van der Waals surface area contributed by atoms with Crippen molar-refractivity contribution in [3.8, 4) is 0 Å². The maximum Gasteiger partial charge on any atom is 0.313 e. The number of rotatable bonds is 6. The van der Waals surface area contributed by atoms with Crippen molar-refractivity contribution in [2.45, 2.75) is 6.42 Å². The predicted molar refractivity (Wildman–Crippen MR) is 118 cm³/mol. The van der Waals surface area contributed by atoms with E-state index in [4.69, 9.17) is 23.2 Å². The molecule has 3 rings (SSSR count). The van der Waals surface area contributed by atoms with Crippen molar-refractivity contribution in [2.75, 3.05) is 49.5 Å². The van der Waals surface area contributed by atoms with Crippen molar-refractivity contribution in [3.05, 3.63) is 58.6 Å². The van der Waals surface area contributed by atoms with Crippen LogP contribution in [0.3, 0.4) is 0 Å².